The first-order chi connectivity index (χ1) is 4.92. The van der Waals surface area contributed by atoms with E-state index in [1.165, 1.54) is 12.8 Å². The standard InChI is InChI=1S/C10H22O/c1-9(2)11-8-6-7-10(3,4)5/h9H,6-8H2,1-5H3. The zero-order chi connectivity index (χ0) is 8.91. The summed E-state index contributed by atoms with van der Waals surface area (Å²) in [5.41, 5.74) is 0.459. The molecule has 0 heterocycles. The van der Waals surface area contributed by atoms with Crippen LogP contribution >= 0.6 is 0 Å². The summed E-state index contributed by atoms with van der Waals surface area (Å²) in [6.45, 7) is 11.9. The van der Waals surface area contributed by atoms with Crippen molar-refractivity contribution in [1.82, 2.24) is 0 Å². The Labute approximate surface area is 71.1 Å². The van der Waals surface area contributed by atoms with Gasteiger partial charge in [-0.1, -0.05) is 20.8 Å². The first-order valence-corrected chi connectivity index (χ1v) is 4.53. The van der Waals surface area contributed by atoms with Crippen molar-refractivity contribution in [1.29, 1.82) is 0 Å². The van der Waals surface area contributed by atoms with Gasteiger partial charge < -0.3 is 4.74 Å². The van der Waals surface area contributed by atoms with Gasteiger partial charge in [-0.15, -0.1) is 0 Å². The number of ether oxygens (including phenoxy) is 1. The molecule has 0 atom stereocenters. The van der Waals surface area contributed by atoms with E-state index in [4.69, 9.17) is 4.74 Å². The molecule has 0 aliphatic heterocycles. The van der Waals surface area contributed by atoms with Crippen LogP contribution in [0.3, 0.4) is 0 Å². The fourth-order valence-corrected chi connectivity index (χ4v) is 0.922. The summed E-state index contributed by atoms with van der Waals surface area (Å²) in [5.74, 6) is 0. The average Bonchev–Trinajstić information content (AvgIpc) is 1.78. The minimum Gasteiger partial charge on any atom is -0.379 e. The van der Waals surface area contributed by atoms with Crippen LogP contribution in [0.4, 0.5) is 0 Å². The molecule has 68 valence electrons. The van der Waals surface area contributed by atoms with Gasteiger partial charge in [0.25, 0.3) is 0 Å². The monoisotopic (exact) mass is 158 g/mol. The van der Waals surface area contributed by atoms with Gasteiger partial charge in [0.2, 0.25) is 0 Å². The first-order valence-electron chi connectivity index (χ1n) is 4.53. The molecule has 0 unspecified atom stereocenters. The Morgan fingerprint density at radius 3 is 2.09 bits per heavy atom. The molecule has 0 aromatic carbocycles. The van der Waals surface area contributed by atoms with E-state index in [1.807, 2.05) is 0 Å². The zero-order valence-corrected chi connectivity index (χ0v) is 8.61. The third kappa shape index (κ3) is 9.96. The highest BCUT2D eigenvalue weighted by Crippen LogP contribution is 2.20. The van der Waals surface area contributed by atoms with Gasteiger partial charge in [0.05, 0.1) is 6.10 Å². The first kappa shape index (κ1) is 11.0. The highest BCUT2D eigenvalue weighted by atomic mass is 16.5. The summed E-state index contributed by atoms with van der Waals surface area (Å²) in [4.78, 5) is 0. The Balaban J connectivity index is 3.15. The number of hydrogen-bond donors (Lipinski definition) is 0. The van der Waals surface area contributed by atoms with Crippen molar-refractivity contribution in [2.45, 2.75) is 53.6 Å². The van der Waals surface area contributed by atoms with Crippen LogP contribution in [0.1, 0.15) is 47.5 Å². The molecule has 1 heteroatoms. The molecule has 0 saturated heterocycles. The van der Waals surface area contributed by atoms with Gasteiger partial charge in [-0.25, -0.2) is 0 Å². The van der Waals surface area contributed by atoms with E-state index >= 15 is 0 Å². The van der Waals surface area contributed by atoms with E-state index in [9.17, 15) is 0 Å². The van der Waals surface area contributed by atoms with E-state index in [2.05, 4.69) is 34.6 Å². The Morgan fingerprint density at radius 2 is 1.73 bits per heavy atom. The van der Waals surface area contributed by atoms with Crippen LogP contribution in [0.25, 0.3) is 0 Å². The lowest BCUT2D eigenvalue weighted by atomic mass is 9.91. The van der Waals surface area contributed by atoms with Gasteiger partial charge in [-0.05, 0) is 32.1 Å². The van der Waals surface area contributed by atoms with E-state index in [-0.39, 0.29) is 0 Å². The van der Waals surface area contributed by atoms with Crippen molar-refractivity contribution in [3.05, 3.63) is 0 Å². The lowest BCUT2D eigenvalue weighted by Gasteiger charge is -2.18. The smallest absolute Gasteiger partial charge is 0.0518 e. The summed E-state index contributed by atoms with van der Waals surface area (Å²) in [5, 5.41) is 0. The van der Waals surface area contributed by atoms with Crippen molar-refractivity contribution in [3.63, 3.8) is 0 Å². The fourth-order valence-electron chi connectivity index (χ4n) is 0.922. The molecule has 0 radical (unpaired) electrons. The van der Waals surface area contributed by atoms with Crippen molar-refractivity contribution in [3.8, 4) is 0 Å². The van der Waals surface area contributed by atoms with Crippen LogP contribution < -0.4 is 0 Å². The van der Waals surface area contributed by atoms with E-state index in [0.29, 0.717) is 11.5 Å². The molecular formula is C10H22O. The molecule has 0 N–H and O–H groups in total. The maximum atomic E-state index is 5.44. The second-order valence-electron chi connectivity index (χ2n) is 4.58. The molecule has 0 bridgehead atoms. The van der Waals surface area contributed by atoms with Gasteiger partial charge in [-0.2, -0.15) is 0 Å². The van der Waals surface area contributed by atoms with Crippen LogP contribution in [0.5, 0.6) is 0 Å². The topological polar surface area (TPSA) is 9.23 Å². The van der Waals surface area contributed by atoms with Crippen molar-refractivity contribution in [2.24, 2.45) is 5.41 Å². The molecule has 0 aromatic rings. The van der Waals surface area contributed by atoms with Crippen LogP contribution in [0, 0.1) is 5.41 Å². The molecule has 0 aromatic heterocycles. The van der Waals surface area contributed by atoms with Crippen LogP contribution in [-0.4, -0.2) is 12.7 Å². The second-order valence-corrected chi connectivity index (χ2v) is 4.58. The van der Waals surface area contributed by atoms with Crippen LogP contribution in [0.2, 0.25) is 0 Å². The van der Waals surface area contributed by atoms with Gasteiger partial charge >= 0.3 is 0 Å². The predicted octanol–water partition coefficient (Wildman–Crippen LogP) is 3.24. The normalized spacial score (nSPS) is 12.5. The maximum absolute atomic E-state index is 5.44. The Kier molecular flexibility index (Phi) is 4.74. The minimum absolute atomic E-state index is 0.384. The fraction of sp³-hybridized carbons (Fsp3) is 1.00. The molecule has 0 amide bonds. The molecule has 0 spiro atoms. The summed E-state index contributed by atoms with van der Waals surface area (Å²) >= 11 is 0. The second kappa shape index (κ2) is 4.76. The Bertz CT molecular complexity index is 89.5. The molecular weight excluding hydrogens is 136 g/mol. The highest BCUT2D eigenvalue weighted by molar-refractivity contribution is 4.60. The summed E-state index contributed by atoms with van der Waals surface area (Å²) in [7, 11) is 0. The molecule has 0 aliphatic rings. The number of rotatable bonds is 4. The third-order valence-electron chi connectivity index (χ3n) is 1.52. The van der Waals surface area contributed by atoms with Gasteiger partial charge in [0, 0.05) is 6.61 Å². The number of hydrogen-bond acceptors (Lipinski definition) is 1. The molecule has 0 rings (SSSR count). The SMILES string of the molecule is CC(C)OCCCC(C)(C)C. The molecule has 0 aliphatic carbocycles. The van der Waals surface area contributed by atoms with Crippen LogP contribution in [0.15, 0.2) is 0 Å². The van der Waals surface area contributed by atoms with Crippen molar-refractivity contribution < 1.29 is 4.74 Å². The molecule has 0 saturated carbocycles. The third-order valence-corrected chi connectivity index (χ3v) is 1.52. The Morgan fingerprint density at radius 1 is 1.18 bits per heavy atom. The van der Waals surface area contributed by atoms with Gasteiger partial charge in [0.1, 0.15) is 0 Å². The maximum Gasteiger partial charge on any atom is 0.0518 e. The van der Waals surface area contributed by atoms with Crippen molar-refractivity contribution >= 4 is 0 Å². The largest absolute Gasteiger partial charge is 0.379 e. The zero-order valence-electron chi connectivity index (χ0n) is 8.61. The summed E-state index contributed by atoms with van der Waals surface area (Å²) in [6, 6.07) is 0. The van der Waals surface area contributed by atoms with E-state index in [0.717, 1.165) is 6.61 Å². The minimum atomic E-state index is 0.384. The van der Waals surface area contributed by atoms with E-state index in [1.54, 1.807) is 0 Å². The predicted molar refractivity (Wildman–Crippen MR) is 49.8 cm³/mol. The lowest BCUT2D eigenvalue weighted by molar-refractivity contribution is 0.0710. The van der Waals surface area contributed by atoms with Gasteiger partial charge in [0.15, 0.2) is 0 Å². The van der Waals surface area contributed by atoms with Crippen molar-refractivity contribution in [2.75, 3.05) is 6.61 Å². The highest BCUT2D eigenvalue weighted by Gasteiger charge is 2.08. The molecule has 0 fully saturated rings. The van der Waals surface area contributed by atoms with E-state index < -0.39 is 0 Å². The molecule has 11 heavy (non-hydrogen) atoms. The average molecular weight is 158 g/mol. The quantitative estimate of drug-likeness (QED) is 0.571. The van der Waals surface area contributed by atoms with Gasteiger partial charge in [-0.3, -0.25) is 0 Å². The van der Waals surface area contributed by atoms with Crippen LogP contribution in [-0.2, 0) is 4.74 Å². The lowest BCUT2D eigenvalue weighted by Crippen LogP contribution is -2.09. The summed E-state index contributed by atoms with van der Waals surface area (Å²) < 4.78 is 5.44. The summed E-state index contributed by atoms with van der Waals surface area (Å²) in [6.07, 6.45) is 2.82. The Hall–Kier alpha value is -0.0400. The molecule has 1 nitrogen and oxygen atoms in total.